The zero-order valence-corrected chi connectivity index (χ0v) is 12.1. The zero-order chi connectivity index (χ0) is 14.4. The fourth-order valence-corrected chi connectivity index (χ4v) is 1.95. The van der Waals surface area contributed by atoms with Crippen LogP contribution in [0.5, 0.6) is 0 Å². The summed E-state index contributed by atoms with van der Waals surface area (Å²) in [6.07, 6.45) is 3.84. The summed E-state index contributed by atoms with van der Waals surface area (Å²) in [5, 5.41) is 6.36. The highest BCUT2D eigenvalue weighted by atomic mass is 15.2. The second-order valence-electron chi connectivity index (χ2n) is 4.49. The average Bonchev–Trinajstić information content (AvgIpc) is 2.86. The van der Waals surface area contributed by atoms with Gasteiger partial charge in [-0.1, -0.05) is 12.1 Å². The van der Waals surface area contributed by atoms with Gasteiger partial charge in [0.05, 0.1) is 12.2 Å². The molecule has 0 aliphatic carbocycles. The molecule has 0 aliphatic rings. The third-order valence-electron chi connectivity index (χ3n) is 2.90. The van der Waals surface area contributed by atoms with E-state index in [1.807, 2.05) is 25.3 Å². The summed E-state index contributed by atoms with van der Waals surface area (Å²) in [7, 11) is 0. The maximum atomic E-state index is 4.57. The summed E-state index contributed by atoms with van der Waals surface area (Å²) in [6.45, 7) is 9.86. The Morgan fingerprint density at radius 1 is 1.45 bits per heavy atom. The highest BCUT2D eigenvalue weighted by molar-refractivity contribution is 5.79. The van der Waals surface area contributed by atoms with E-state index in [1.165, 1.54) is 5.69 Å². The highest BCUT2D eigenvalue weighted by Crippen LogP contribution is 2.09. The molecular formula is C15H21N5. The summed E-state index contributed by atoms with van der Waals surface area (Å²) >= 11 is 0. The second-order valence-corrected chi connectivity index (χ2v) is 4.49. The number of nitrogens with one attached hydrogen (secondary N) is 2. The molecule has 0 aromatic carbocycles. The number of hydrogen-bond donors (Lipinski definition) is 2. The second kappa shape index (κ2) is 6.75. The predicted molar refractivity (Wildman–Crippen MR) is 82.9 cm³/mol. The molecule has 0 atom stereocenters. The molecule has 2 aromatic rings. The van der Waals surface area contributed by atoms with Crippen molar-refractivity contribution in [2.24, 2.45) is 4.99 Å². The van der Waals surface area contributed by atoms with E-state index in [1.54, 1.807) is 6.08 Å². The van der Waals surface area contributed by atoms with Crippen LogP contribution >= 0.6 is 0 Å². The molecule has 0 bridgehead atoms. The molecule has 0 saturated heterocycles. The molecule has 106 valence electrons. The van der Waals surface area contributed by atoms with Gasteiger partial charge in [0.1, 0.15) is 5.65 Å². The fourth-order valence-electron chi connectivity index (χ4n) is 1.95. The van der Waals surface area contributed by atoms with Crippen LogP contribution in [0.25, 0.3) is 5.65 Å². The Kier molecular flexibility index (Phi) is 4.76. The molecule has 2 N–H and O–H groups in total. The van der Waals surface area contributed by atoms with Crippen LogP contribution in [0, 0.1) is 6.92 Å². The topological polar surface area (TPSA) is 53.7 Å². The quantitative estimate of drug-likeness (QED) is 0.496. The monoisotopic (exact) mass is 271 g/mol. The van der Waals surface area contributed by atoms with E-state index >= 15 is 0 Å². The minimum atomic E-state index is 0.549. The van der Waals surface area contributed by atoms with Crippen LogP contribution in [-0.4, -0.2) is 28.4 Å². The number of rotatable bonds is 5. The highest BCUT2D eigenvalue weighted by Gasteiger charge is 2.03. The number of aliphatic imine (C=N–C) groups is 1. The number of hydrogen-bond acceptors (Lipinski definition) is 2. The van der Waals surface area contributed by atoms with E-state index in [0.717, 1.165) is 23.8 Å². The third kappa shape index (κ3) is 3.38. The van der Waals surface area contributed by atoms with Gasteiger partial charge < -0.3 is 15.0 Å². The standard InChI is InChI=1S/C15H21N5/c1-4-9-17-15(16-5-2)18-10-13-11-20-12(3)7-6-8-14(20)19-13/h4,6-8,11H,1,5,9-10H2,2-3H3,(H2,16,17,18). The molecule has 0 fully saturated rings. The van der Waals surface area contributed by atoms with Crippen molar-refractivity contribution in [2.45, 2.75) is 20.4 Å². The lowest BCUT2D eigenvalue weighted by Gasteiger charge is -2.08. The summed E-state index contributed by atoms with van der Waals surface area (Å²) < 4.78 is 2.08. The molecule has 0 radical (unpaired) electrons. The van der Waals surface area contributed by atoms with Gasteiger partial charge in [-0.15, -0.1) is 6.58 Å². The molecule has 20 heavy (non-hydrogen) atoms. The molecule has 5 nitrogen and oxygen atoms in total. The zero-order valence-electron chi connectivity index (χ0n) is 12.1. The van der Waals surface area contributed by atoms with Crippen LogP contribution in [0.15, 0.2) is 42.0 Å². The first-order valence-corrected chi connectivity index (χ1v) is 6.81. The first-order chi connectivity index (χ1) is 9.74. The Balaban J connectivity index is 2.13. The molecule has 2 aromatic heterocycles. The molecule has 0 saturated carbocycles. The van der Waals surface area contributed by atoms with Crippen molar-refractivity contribution in [2.75, 3.05) is 13.1 Å². The van der Waals surface area contributed by atoms with Gasteiger partial charge in [-0.2, -0.15) is 0 Å². The Morgan fingerprint density at radius 2 is 2.30 bits per heavy atom. The molecule has 0 spiro atoms. The van der Waals surface area contributed by atoms with Crippen LogP contribution < -0.4 is 10.6 Å². The normalized spacial score (nSPS) is 11.6. The Morgan fingerprint density at radius 3 is 3.00 bits per heavy atom. The molecule has 2 heterocycles. The van der Waals surface area contributed by atoms with E-state index in [2.05, 4.69) is 44.6 Å². The number of nitrogens with zero attached hydrogens (tertiary/aromatic N) is 3. The number of guanidine groups is 1. The first kappa shape index (κ1) is 14.1. The Bertz CT molecular complexity index is 612. The summed E-state index contributed by atoms with van der Waals surface area (Å²) in [5.41, 5.74) is 3.08. The predicted octanol–water partition coefficient (Wildman–Crippen LogP) is 1.88. The molecule has 0 amide bonds. The Labute approximate surface area is 119 Å². The first-order valence-electron chi connectivity index (χ1n) is 6.81. The van der Waals surface area contributed by atoms with Crippen LogP contribution in [0.1, 0.15) is 18.3 Å². The minimum absolute atomic E-state index is 0.549. The number of imidazole rings is 1. The molecule has 0 unspecified atom stereocenters. The van der Waals surface area contributed by atoms with Gasteiger partial charge in [0, 0.05) is 25.0 Å². The van der Waals surface area contributed by atoms with Crippen molar-refractivity contribution in [3.05, 3.63) is 48.4 Å². The number of fused-ring (bicyclic) bond motifs is 1. The number of pyridine rings is 1. The molecule has 2 rings (SSSR count). The average molecular weight is 271 g/mol. The largest absolute Gasteiger partial charge is 0.357 e. The van der Waals surface area contributed by atoms with Crippen LogP contribution in [0.4, 0.5) is 0 Å². The van der Waals surface area contributed by atoms with E-state index in [9.17, 15) is 0 Å². The van der Waals surface area contributed by atoms with Crippen LogP contribution in [-0.2, 0) is 6.54 Å². The summed E-state index contributed by atoms with van der Waals surface area (Å²) in [5.74, 6) is 0.779. The van der Waals surface area contributed by atoms with E-state index in [4.69, 9.17) is 0 Å². The van der Waals surface area contributed by atoms with Gasteiger partial charge in [-0.05, 0) is 26.0 Å². The van der Waals surface area contributed by atoms with Crippen LogP contribution in [0.2, 0.25) is 0 Å². The third-order valence-corrected chi connectivity index (χ3v) is 2.90. The van der Waals surface area contributed by atoms with Crippen molar-refractivity contribution in [1.82, 2.24) is 20.0 Å². The SMILES string of the molecule is C=CCNC(=NCc1cn2c(C)cccc2n1)NCC. The summed E-state index contributed by atoms with van der Waals surface area (Å²) in [6, 6.07) is 6.08. The van der Waals surface area contributed by atoms with Crippen molar-refractivity contribution >= 4 is 11.6 Å². The Hall–Kier alpha value is -2.30. The van der Waals surface area contributed by atoms with Gasteiger partial charge in [0.2, 0.25) is 0 Å². The molecule has 0 aliphatic heterocycles. The van der Waals surface area contributed by atoms with Crippen molar-refractivity contribution < 1.29 is 0 Å². The number of aromatic nitrogens is 2. The van der Waals surface area contributed by atoms with Gasteiger partial charge >= 0.3 is 0 Å². The van der Waals surface area contributed by atoms with Crippen molar-refractivity contribution in [1.29, 1.82) is 0 Å². The lowest BCUT2D eigenvalue weighted by molar-refractivity contribution is 0.855. The smallest absolute Gasteiger partial charge is 0.191 e. The van der Waals surface area contributed by atoms with E-state index in [-0.39, 0.29) is 0 Å². The lowest BCUT2D eigenvalue weighted by Crippen LogP contribution is -2.37. The maximum Gasteiger partial charge on any atom is 0.191 e. The molecular weight excluding hydrogens is 250 g/mol. The van der Waals surface area contributed by atoms with Gasteiger partial charge in [0.25, 0.3) is 0 Å². The van der Waals surface area contributed by atoms with E-state index < -0.39 is 0 Å². The van der Waals surface area contributed by atoms with Crippen molar-refractivity contribution in [3.63, 3.8) is 0 Å². The van der Waals surface area contributed by atoms with Gasteiger partial charge in [-0.3, -0.25) is 0 Å². The lowest BCUT2D eigenvalue weighted by atomic mass is 10.4. The molecule has 5 heteroatoms. The summed E-state index contributed by atoms with van der Waals surface area (Å²) in [4.78, 5) is 9.08. The van der Waals surface area contributed by atoms with Crippen molar-refractivity contribution in [3.8, 4) is 0 Å². The van der Waals surface area contributed by atoms with Gasteiger partial charge in [-0.25, -0.2) is 9.98 Å². The fraction of sp³-hybridized carbons (Fsp3) is 0.333. The minimum Gasteiger partial charge on any atom is -0.357 e. The maximum absolute atomic E-state index is 4.57. The van der Waals surface area contributed by atoms with Gasteiger partial charge in [0.15, 0.2) is 5.96 Å². The van der Waals surface area contributed by atoms with E-state index in [0.29, 0.717) is 13.1 Å². The van der Waals surface area contributed by atoms with Crippen LogP contribution in [0.3, 0.4) is 0 Å². The number of aryl methyl sites for hydroxylation is 1.